The van der Waals surface area contributed by atoms with Gasteiger partial charge in [-0.15, -0.1) is 11.3 Å². The van der Waals surface area contributed by atoms with Crippen molar-refractivity contribution < 1.29 is 4.79 Å². The van der Waals surface area contributed by atoms with Crippen molar-refractivity contribution in [2.75, 3.05) is 0 Å². The van der Waals surface area contributed by atoms with Crippen molar-refractivity contribution in [3.63, 3.8) is 0 Å². The van der Waals surface area contributed by atoms with Gasteiger partial charge >= 0.3 is 0 Å². The second-order valence-electron chi connectivity index (χ2n) is 6.53. The van der Waals surface area contributed by atoms with Gasteiger partial charge < -0.3 is 0 Å². The minimum absolute atomic E-state index is 0.00331. The lowest BCUT2D eigenvalue weighted by Gasteiger charge is -2.09. The standard InChI is InChI=1S/C20H18N4OS/c1-12-4-13(2)6-15(5-12)16-7-17(20-21-11-22-24(20)9-16)18(25)8-19-23-14(3)10-26-19/h4-7,9-11H,8H2,1-3H3. The fraction of sp³-hybridized carbons (Fsp3) is 0.200. The molecule has 0 aliphatic rings. The molecule has 6 heteroatoms. The number of hydrogen-bond donors (Lipinski definition) is 0. The van der Waals surface area contributed by atoms with Crippen molar-refractivity contribution in [3.8, 4) is 11.1 Å². The van der Waals surface area contributed by atoms with Crippen LogP contribution >= 0.6 is 11.3 Å². The Bertz CT molecular complexity index is 1110. The monoisotopic (exact) mass is 362 g/mol. The minimum Gasteiger partial charge on any atom is -0.294 e. The van der Waals surface area contributed by atoms with Gasteiger partial charge in [-0.25, -0.2) is 14.5 Å². The van der Waals surface area contributed by atoms with Crippen LogP contribution in [0.15, 0.2) is 42.2 Å². The van der Waals surface area contributed by atoms with Gasteiger partial charge in [-0.2, -0.15) is 5.10 Å². The SMILES string of the molecule is Cc1cc(C)cc(-c2cc(C(=O)Cc3nc(C)cs3)c3ncnn3c2)c1. The molecule has 0 saturated carbocycles. The number of ketones is 1. The number of rotatable bonds is 4. The summed E-state index contributed by atoms with van der Waals surface area (Å²) < 4.78 is 1.67. The molecule has 0 spiro atoms. The van der Waals surface area contributed by atoms with Crippen LogP contribution in [0.1, 0.15) is 32.2 Å². The molecule has 0 aliphatic heterocycles. The first-order chi connectivity index (χ1) is 12.5. The molecule has 0 aliphatic carbocycles. The lowest BCUT2D eigenvalue weighted by atomic mass is 9.99. The smallest absolute Gasteiger partial charge is 0.173 e. The van der Waals surface area contributed by atoms with E-state index in [0.29, 0.717) is 11.2 Å². The second kappa shape index (κ2) is 6.46. The molecule has 3 aromatic heterocycles. The van der Waals surface area contributed by atoms with E-state index < -0.39 is 0 Å². The third kappa shape index (κ3) is 3.15. The minimum atomic E-state index is 0.00331. The average molecular weight is 362 g/mol. The Morgan fingerprint density at radius 1 is 1.08 bits per heavy atom. The quantitative estimate of drug-likeness (QED) is 0.510. The summed E-state index contributed by atoms with van der Waals surface area (Å²) in [5, 5.41) is 7.03. The van der Waals surface area contributed by atoms with Crippen molar-refractivity contribution in [2.24, 2.45) is 0 Å². The maximum atomic E-state index is 12.9. The fourth-order valence-electron chi connectivity index (χ4n) is 3.15. The van der Waals surface area contributed by atoms with Crippen molar-refractivity contribution in [1.29, 1.82) is 0 Å². The van der Waals surface area contributed by atoms with Crippen LogP contribution in [0, 0.1) is 20.8 Å². The van der Waals surface area contributed by atoms with Crippen molar-refractivity contribution in [3.05, 3.63) is 69.6 Å². The van der Waals surface area contributed by atoms with Gasteiger partial charge in [-0.1, -0.05) is 29.3 Å². The number of pyridine rings is 1. The Morgan fingerprint density at radius 3 is 2.54 bits per heavy atom. The summed E-state index contributed by atoms with van der Waals surface area (Å²) in [5.41, 5.74) is 6.49. The number of aryl methyl sites for hydroxylation is 3. The molecule has 0 radical (unpaired) electrons. The van der Waals surface area contributed by atoms with E-state index in [2.05, 4.69) is 47.1 Å². The van der Waals surface area contributed by atoms with Crippen molar-refractivity contribution in [1.82, 2.24) is 19.6 Å². The topological polar surface area (TPSA) is 60.2 Å². The summed E-state index contributed by atoms with van der Waals surface area (Å²) in [6, 6.07) is 8.28. The molecule has 130 valence electrons. The molecule has 5 nitrogen and oxygen atoms in total. The predicted octanol–water partition coefficient (Wildman–Crippen LogP) is 4.20. The number of carbonyl (C=O) groups is 1. The number of fused-ring (bicyclic) bond motifs is 1. The van der Waals surface area contributed by atoms with Crippen LogP contribution in [0.5, 0.6) is 0 Å². The van der Waals surface area contributed by atoms with Crippen LogP contribution in [0.25, 0.3) is 16.8 Å². The number of aromatic nitrogens is 4. The van der Waals surface area contributed by atoms with Crippen LogP contribution < -0.4 is 0 Å². The highest BCUT2D eigenvalue weighted by Crippen LogP contribution is 2.25. The molecule has 0 amide bonds. The van der Waals surface area contributed by atoms with E-state index in [1.165, 1.54) is 28.8 Å². The van der Waals surface area contributed by atoms with Crippen LogP contribution in [-0.2, 0) is 6.42 Å². The van der Waals surface area contributed by atoms with Crippen LogP contribution in [0.2, 0.25) is 0 Å². The van der Waals surface area contributed by atoms with Gasteiger partial charge in [0.15, 0.2) is 11.4 Å². The van der Waals surface area contributed by atoms with E-state index in [4.69, 9.17) is 0 Å². The van der Waals surface area contributed by atoms with E-state index in [9.17, 15) is 4.79 Å². The normalized spacial score (nSPS) is 11.2. The van der Waals surface area contributed by atoms with Gasteiger partial charge in [0.2, 0.25) is 0 Å². The van der Waals surface area contributed by atoms with E-state index in [1.807, 2.05) is 24.6 Å². The van der Waals surface area contributed by atoms with Gasteiger partial charge in [0.25, 0.3) is 0 Å². The van der Waals surface area contributed by atoms with Crippen molar-refractivity contribution in [2.45, 2.75) is 27.2 Å². The van der Waals surface area contributed by atoms with Crippen molar-refractivity contribution >= 4 is 22.8 Å². The summed E-state index contributed by atoms with van der Waals surface area (Å²) in [6.07, 6.45) is 3.67. The molecule has 1 aromatic carbocycles. The predicted molar refractivity (Wildman–Crippen MR) is 103 cm³/mol. The number of benzene rings is 1. The summed E-state index contributed by atoms with van der Waals surface area (Å²) in [7, 11) is 0. The van der Waals surface area contributed by atoms with E-state index in [-0.39, 0.29) is 12.2 Å². The van der Waals surface area contributed by atoms with Gasteiger partial charge in [-0.3, -0.25) is 4.79 Å². The molecule has 4 rings (SSSR count). The molecular weight excluding hydrogens is 344 g/mol. The fourth-order valence-corrected chi connectivity index (χ4v) is 3.92. The third-order valence-electron chi connectivity index (χ3n) is 4.21. The third-order valence-corrected chi connectivity index (χ3v) is 5.18. The number of thiazole rings is 1. The number of hydrogen-bond acceptors (Lipinski definition) is 5. The Balaban J connectivity index is 1.81. The zero-order valence-electron chi connectivity index (χ0n) is 14.9. The van der Waals surface area contributed by atoms with Gasteiger partial charge in [0.05, 0.1) is 12.0 Å². The Labute approximate surface area is 155 Å². The zero-order chi connectivity index (χ0) is 18.3. The molecule has 0 atom stereocenters. The van der Waals surface area contributed by atoms with Gasteiger partial charge in [0, 0.05) is 22.8 Å². The molecule has 0 bridgehead atoms. The van der Waals surface area contributed by atoms with Gasteiger partial charge in [0.1, 0.15) is 11.3 Å². The highest BCUT2D eigenvalue weighted by Gasteiger charge is 2.17. The van der Waals surface area contributed by atoms with Crippen LogP contribution in [0.4, 0.5) is 0 Å². The van der Waals surface area contributed by atoms with E-state index in [0.717, 1.165) is 21.8 Å². The van der Waals surface area contributed by atoms with Crippen LogP contribution in [-0.4, -0.2) is 25.4 Å². The summed E-state index contributed by atoms with van der Waals surface area (Å²) in [6.45, 7) is 6.07. The first-order valence-electron chi connectivity index (χ1n) is 8.36. The molecule has 0 fully saturated rings. The Kier molecular flexibility index (Phi) is 4.12. The summed E-state index contributed by atoms with van der Waals surface area (Å²) in [4.78, 5) is 21.6. The highest BCUT2D eigenvalue weighted by atomic mass is 32.1. The zero-order valence-corrected chi connectivity index (χ0v) is 15.7. The largest absolute Gasteiger partial charge is 0.294 e. The molecule has 3 heterocycles. The van der Waals surface area contributed by atoms with E-state index >= 15 is 0 Å². The lowest BCUT2D eigenvalue weighted by molar-refractivity contribution is 0.0994. The first kappa shape index (κ1) is 16.6. The number of Topliss-reactive ketones (excluding diaryl/α,β-unsaturated/α-hetero) is 1. The number of nitrogens with zero attached hydrogens (tertiary/aromatic N) is 4. The molecule has 0 N–H and O–H groups in total. The Morgan fingerprint density at radius 2 is 1.85 bits per heavy atom. The maximum Gasteiger partial charge on any atom is 0.173 e. The first-order valence-corrected chi connectivity index (χ1v) is 9.24. The summed E-state index contributed by atoms with van der Waals surface area (Å²) >= 11 is 1.51. The molecule has 26 heavy (non-hydrogen) atoms. The van der Waals surface area contributed by atoms with E-state index in [1.54, 1.807) is 4.52 Å². The van der Waals surface area contributed by atoms with Crippen LogP contribution in [0.3, 0.4) is 0 Å². The lowest BCUT2D eigenvalue weighted by Crippen LogP contribution is -2.07. The average Bonchev–Trinajstić information content (AvgIpc) is 3.21. The summed E-state index contributed by atoms with van der Waals surface area (Å²) in [5.74, 6) is 0.00331. The highest BCUT2D eigenvalue weighted by molar-refractivity contribution is 7.09. The Hall–Kier alpha value is -2.86. The number of carbonyl (C=O) groups excluding carboxylic acids is 1. The molecule has 0 unspecified atom stereocenters. The maximum absolute atomic E-state index is 12.9. The molecule has 4 aromatic rings. The van der Waals surface area contributed by atoms with Gasteiger partial charge in [-0.05, 0) is 32.4 Å². The molecule has 0 saturated heterocycles. The second-order valence-corrected chi connectivity index (χ2v) is 7.47. The molecular formula is C20H18N4OS.